The molecule has 1 N–H and O–H groups in total. The van der Waals surface area contributed by atoms with Gasteiger partial charge in [-0.3, -0.25) is 9.78 Å². The van der Waals surface area contributed by atoms with Gasteiger partial charge in [0.25, 0.3) is 5.91 Å². The van der Waals surface area contributed by atoms with Gasteiger partial charge < -0.3 is 14.8 Å². The molecule has 1 aromatic carbocycles. The molecule has 2 heterocycles. The lowest BCUT2D eigenvalue weighted by molar-refractivity contribution is 0.0923. The number of fused-ring (bicyclic) bond motifs is 2. The third kappa shape index (κ3) is 2.77. The average Bonchev–Trinajstić information content (AvgIpc) is 3.03. The van der Waals surface area contributed by atoms with Crippen molar-refractivity contribution in [3.63, 3.8) is 0 Å². The number of benzene rings is 1. The van der Waals surface area contributed by atoms with Crippen molar-refractivity contribution in [3.05, 3.63) is 28.9 Å². The Morgan fingerprint density at radius 3 is 2.67 bits per heavy atom. The van der Waals surface area contributed by atoms with E-state index in [4.69, 9.17) is 21.1 Å². The maximum atomic E-state index is 12.6. The van der Waals surface area contributed by atoms with Crippen molar-refractivity contribution in [1.82, 2.24) is 10.3 Å². The summed E-state index contributed by atoms with van der Waals surface area (Å²) in [6.45, 7) is 2.45. The largest absolute Gasteiger partial charge is 0.454 e. The molecule has 0 saturated heterocycles. The number of nitrogens with zero attached hydrogens (tertiary/aromatic N) is 1. The van der Waals surface area contributed by atoms with Crippen LogP contribution in [0.2, 0.25) is 5.02 Å². The zero-order valence-corrected chi connectivity index (χ0v) is 14.2. The number of pyridine rings is 1. The first kappa shape index (κ1) is 15.5. The highest BCUT2D eigenvalue weighted by Gasteiger charge is 2.23. The molecular formula is C18H19ClN2O3. The van der Waals surface area contributed by atoms with Crippen molar-refractivity contribution < 1.29 is 14.3 Å². The van der Waals surface area contributed by atoms with Gasteiger partial charge in [0.2, 0.25) is 6.79 Å². The molecule has 0 radical (unpaired) electrons. The summed E-state index contributed by atoms with van der Waals surface area (Å²) in [7, 11) is 0. The quantitative estimate of drug-likeness (QED) is 0.895. The fourth-order valence-corrected chi connectivity index (χ4v) is 3.66. The highest BCUT2D eigenvalue weighted by molar-refractivity contribution is 6.38. The summed E-state index contributed by atoms with van der Waals surface area (Å²) in [6, 6.07) is 3.79. The second kappa shape index (κ2) is 6.13. The summed E-state index contributed by atoms with van der Waals surface area (Å²) >= 11 is 6.48. The molecule has 24 heavy (non-hydrogen) atoms. The number of halogens is 1. The SMILES string of the molecule is CC1CCC(NC(=O)c2cnc3cc4c(cc3c2Cl)OCO4)CC1. The molecule has 1 fully saturated rings. The van der Waals surface area contributed by atoms with Crippen LogP contribution in [0.25, 0.3) is 10.9 Å². The van der Waals surface area contributed by atoms with Crippen LogP contribution in [0.5, 0.6) is 11.5 Å². The van der Waals surface area contributed by atoms with Crippen molar-refractivity contribution in [2.45, 2.75) is 38.6 Å². The van der Waals surface area contributed by atoms with Crippen LogP contribution in [0, 0.1) is 5.92 Å². The lowest BCUT2D eigenvalue weighted by Crippen LogP contribution is -2.37. The topological polar surface area (TPSA) is 60.5 Å². The van der Waals surface area contributed by atoms with Crippen LogP contribution in [0.1, 0.15) is 43.0 Å². The van der Waals surface area contributed by atoms with Crippen LogP contribution in [-0.4, -0.2) is 23.7 Å². The number of ether oxygens (including phenoxy) is 2. The summed E-state index contributed by atoms with van der Waals surface area (Å²) < 4.78 is 10.7. The third-order valence-corrected chi connectivity index (χ3v) is 5.30. The minimum Gasteiger partial charge on any atom is -0.454 e. The number of rotatable bonds is 2. The zero-order valence-electron chi connectivity index (χ0n) is 13.5. The molecule has 6 heteroatoms. The molecule has 1 aromatic heterocycles. The Balaban J connectivity index is 1.61. The van der Waals surface area contributed by atoms with Gasteiger partial charge in [0.1, 0.15) is 0 Å². The standard InChI is InChI=1S/C18H19ClN2O3/c1-10-2-4-11(5-3-10)21-18(22)13-8-20-14-7-16-15(23-9-24-16)6-12(14)17(13)19/h6-8,10-11H,2-5,9H2,1H3,(H,21,22). The van der Waals surface area contributed by atoms with E-state index in [1.54, 1.807) is 12.1 Å². The summed E-state index contributed by atoms with van der Waals surface area (Å²) in [5.41, 5.74) is 1.09. The van der Waals surface area contributed by atoms with Crippen molar-refractivity contribution in [2.24, 2.45) is 5.92 Å². The monoisotopic (exact) mass is 346 g/mol. The summed E-state index contributed by atoms with van der Waals surface area (Å²) in [6.07, 6.45) is 5.87. The molecular weight excluding hydrogens is 328 g/mol. The van der Waals surface area contributed by atoms with Crippen molar-refractivity contribution in [2.75, 3.05) is 6.79 Å². The minimum atomic E-state index is -0.161. The Labute approximate surface area is 145 Å². The van der Waals surface area contributed by atoms with Crippen LogP contribution in [0.3, 0.4) is 0 Å². The molecule has 126 valence electrons. The van der Waals surface area contributed by atoms with Gasteiger partial charge in [-0.15, -0.1) is 0 Å². The van der Waals surface area contributed by atoms with E-state index >= 15 is 0 Å². The minimum absolute atomic E-state index is 0.161. The van der Waals surface area contributed by atoms with Gasteiger partial charge in [0, 0.05) is 23.7 Å². The lowest BCUT2D eigenvalue weighted by atomic mass is 9.87. The lowest BCUT2D eigenvalue weighted by Gasteiger charge is -2.27. The number of hydrogen-bond donors (Lipinski definition) is 1. The molecule has 5 nitrogen and oxygen atoms in total. The number of amides is 1. The molecule has 2 aliphatic rings. The number of carbonyl (C=O) groups is 1. The molecule has 0 spiro atoms. The van der Waals surface area contributed by atoms with Crippen LogP contribution in [-0.2, 0) is 0 Å². The number of nitrogens with one attached hydrogen (secondary N) is 1. The van der Waals surface area contributed by atoms with Gasteiger partial charge in [-0.2, -0.15) is 0 Å². The van der Waals surface area contributed by atoms with E-state index < -0.39 is 0 Å². The molecule has 1 aliphatic heterocycles. The molecule has 1 amide bonds. The first-order chi connectivity index (χ1) is 11.6. The predicted molar refractivity (Wildman–Crippen MR) is 91.8 cm³/mol. The Hall–Kier alpha value is -2.01. The van der Waals surface area contributed by atoms with Gasteiger partial charge in [0.15, 0.2) is 11.5 Å². The Kier molecular flexibility index (Phi) is 3.96. The molecule has 1 aliphatic carbocycles. The Morgan fingerprint density at radius 2 is 1.92 bits per heavy atom. The molecule has 0 bridgehead atoms. The van der Waals surface area contributed by atoms with E-state index in [9.17, 15) is 4.79 Å². The van der Waals surface area contributed by atoms with Crippen LogP contribution < -0.4 is 14.8 Å². The molecule has 1 saturated carbocycles. The molecule has 0 unspecified atom stereocenters. The smallest absolute Gasteiger partial charge is 0.254 e. The fraction of sp³-hybridized carbons (Fsp3) is 0.444. The van der Waals surface area contributed by atoms with Gasteiger partial charge in [-0.25, -0.2) is 0 Å². The Morgan fingerprint density at radius 1 is 1.21 bits per heavy atom. The van der Waals surface area contributed by atoms with Crippen molar-refractivity contribution >= 4 is 28.4 Å². The maximum absolute atomic E-state index is 12.6. The van der Waals surface area contributed by atoms with Crippen molar-refractivity contribution in [1.29, 1.82) is 0 Å². The van der Waals surface area contributed by atoms with E-state index in [1.807, 2.05) is 0 Å². The van der Waals surface area contributed by atoms with E-state index in [-0.39, 0.29) is 18.7 Å². The number of carbonyl (C=O) groups excluding carboxylic acids is 1. The summed E-state index contributed by atoms with van der Waals surface area (Å²) in [5, 5.41) is 4.20. The Bertz CT molecular complexity index is 800. The van der Waals surface area contributed by atoms with Crippen LogP contribution >= 0.6 is 11.6 Å². The molecule has 0 atom stereocenters. The molecule has 4 rings (SSSR count). The van der Waals surface area contributed by atoms with Gasteiger partial charge in [-0.1, -0.05) is 18.5 Å². The van der Waals surface area contributed by atoms with E-state index in [2.05, 4.69) is 17.2 Å². The van der Waals surface area contributed by atoms with E-state index in [0.717, 1.165) is 31.6 Å². The highest BCUT2D eigenvalue weighted by atomic mass is 35.5. The predicted octanol–water partition coefficient (Wildman–Crippen LogP) is 3.93. The first-order valence-corrected chi connectivity index (χ1v) is 8.68. The summed E-state index contributed by atoms with van der Waals surface area (Å²) in [5.74, 6) is 1.87. The number of aromatic nitrogens is 1. The van der Waals surface area contributed by atoms with Gasteiger partial charge in [-0.05, 0) is 37.7 Å². The van der Waals surface area contributed by atoms with Crippen LogP contribution in [0.15, 0.2) is 18.3 Å². The van der Waals surface area contributed by atoms with Crippen molar-refractivity contribution in [3.8, 4) is 11.5 Å². The highest BCUT2D eigenvalue weighted by Crippen LogP contribution is 2.38. The van der Waals surface area contributed by atoms with Gasteiger partial charge >= 0.3 is 0 Å². The maximum Gasteiger partial charge on any atom is 0.254 e. The second-order valence-electron chi connectivity index (χ2n) is 6.64. The first-order valence-electron chi connectivity index (χ1n) is 8.30. The molecule has 2 aromatic rings. The third-order valence-electron chi connectivity index (χ3n) is 4.89. The van der Waals surface area contributed by atoms with E-state index in [1.165, 1.54) is 6.20 Å². The second-order valence-corrected chi connectivity index (χ2v) is 7.02. The fourth-order valence-electron chi connectivity index (χ4n) is 3.38. The average molecular weight is 347 g/mol. The zero-order chi connectivity index (χ0) is 16.7. The normalized spacial score (nSPS) is 22.6. The van der Waals surface area contributed by atoms with Crippen LogP contribution in [0.4, 0.5) is 0 Å². The van der Waals surface area contributed by atoms with E-state index in [0.29, 0.717) is 33.0 Å². The number of hydrogen-bond acceptors (Lipinski definition) is 4. The summed E-state index contributed by atoms with van der Waals surface area (Å²) in [4.78, 5) is 17.0. The van der Waals surface area contributed by atoms with Gasteiger partial charge in [0.05, 0.1) is 16.1 Å².